The molecule has 0 spiro atoms. The van der Waals surface area contributed by atoms with E-state index in [1.807, 2.05) is 37.3 Å². The predicted molar refractivity (Wildman–Crippen MR) is 86.6 cm³/mol. The average Bonchev–Trinajstić information content (AvgIpc) is 2.47. The van der Waals surface area contributed by atoms with Gasteiger partial charge >= 0.3 is 0 Å². The third kappa shape index (κ3) is 3.54. The first kappa shape index (κ1) is 15.4. The number of rotatable bonds is 5. The van der Waals surface area contributed by atoms with Gasteiger partial charge in [0.2, 0.25) is 0 Å². The molecule has 2 aromatic carbocycles. The lowest BCUT2D eigenvalue weighted by atomic mass is 9.99. The first-order valence-corrected chi connectivity index (χ1v) is 7.54. The van der Waals surface area contributed by atoms with E-state index in [2.05, 4.69) is 19.2 Å². The molecule has 0 aliphatic carbocycles. The zero-order valence-corrected chi connectivity index (χ0v) is 12.9. The van der Waals surface area contributed by atoms with Crippen molar-refractivity contribution in [2.45, 2.75) is 39.7 Å². The number of aromatic hydroxyl groups is 1. The molecular weight excluding hydrogens is 262 g/mol. The van der Waals surface area contributed by atoms with E-state index in [0.717, 1.165) is 18.2 Å². The SMILES string of the molecule is CCC(C)CC(C)NC(=O)c1ccc2ccccc2c1O. The molecule has 2 unspecified atom stereocenters. The average molecular weight is 285 g/mol. The van der Waals surface area contributed by atoms with E-state index in [-0.39, 0.29) is 17.7 Å². The van der Waals surface area contributed by atoms with Gasteiger partial charge in [-0.05, 0) is 30.7 Å². The Morgan fingerprint density at radius 3 is 2.62 bits per heavy atom. The van der Waals surface area contributed by atoms with Crippen LogP contribution in [-0.2, 0) is 0 Å². The van der Waals surface area contributed by atoms with Crippen molar-refractivity contribution in [1.82, 2.24) is 5.32 Å². The highest BCUT2D eigenvalue weighted by molar-refractivity contribution is 6.03. The normalized spacial score (nSPS) is 13.9. The molecule has 21 heavy (non-hydrogen) atoms. The highest BCUT2D eigenvalue weighted by Gasteiger charge is 2.16. The van der Waals surface area contributed by atoms with Gasteiger partial charge in [-0.15, -0.1) is 0 Å². The fourth-order valence-electron chi connectivity index (χ4n) is 2.57. The number of phenols is 1. The molecule has 2 N–H and O–H groups in total. The Kier molecular flexibility index (Phi) is 4.84. The zero-order valence-electron chi connectivity index (χ0n) is 12.9. The molecule has 0 heterocycles. The monoisotopic (exact) mass is 285 g/mol. The Bertz CT molecular complexity index is 636. The maximum absolute atomic E-state index is 12.3. The Labute approximate surface area is 126 Å². The minimum absolute atomic E-state index is 0.0568. The number of carbonyl (C=O) groups is 1. The molecule has 2 atom stereocenters. The van der Waals surface area contributed by atoms with Gasteiger partial charge in [0.15, 0.2) is 0 Å². The van der Waals surface area contributed by atoms with Crippen LogP contribution in [0.4, 0.5) is 0 Å². The van der Waals surface area contributed by atoms with E-state index in [9.17, 15) is 9.90 Å². The molecule has 0 fully saturated rings. The van der Waals surface area contributed by atoms with Gasteiger partial charge in [-0.25, -0.2) is 0 Å². The summed E-state index contributed by atoms with van der Waals surface area (Å²) in [6.45, 7) is 6.33. The molecule has 0 saturated carbocycles. The number of phenolic OH excluding ortho intramolecular Hbond substituents is 1. The topological polar surface area (TPSA) is 49.3 Å². The summed E-state index contributed by atoms with van der Waals surface area (Å²) >= 11 is 0. The number of fused-ring (bicyclic) bond motifs is 1. The fourth-order valence-corrected chi connectivity index (χ4v) is 2.57. The van der Waals surface area contributed by atoms with Gasteiger partial charge in [0.1, 0.15) is 5.75 Å². The Hall–Kier alpha value is -2.03. The van der Waals surface area contributed by atoms with Gasteiger partial charge in [0, 0.05) is 11.4 Å². The quantitative estimate of drug-likeness (QED) is 0.869. The second kappa shape index (κ2) is 6.61. The van der Waals surface area contributed by atoms with E-state index in [1.165, 1.54) is 0 Å². The van der Waals surface area contributed by atoms with Crippen LogP contribution in [0.15, 0.2) is 36.4 Å². The molecule has 3 heteroatoms. The zero-order chi connectivity index (χ0) is 15.4. The number of carbonyl (C=O) groups excluding carboxylic acids is 1. The predicted octanol–water partition coefficient (Wildman–Crippen LogP) is 4.10. The molecular formula is C18H23NO2. The van der Waals surface area contributed by atoms with Crippen LogP contribution in [-0.4, -0.2) is 17.1 Å². The molecule has 0 radical (unpaired) electrons. The van der Waals surface area contributed by atoms with Crippen molar-refractivity contribution in [3.63, 3.8) is 0 Å². The molecule has 0 saturated heterocycles. The highest BCUT2D eigenvalue weighted by atomic mass is 16.3. The highest BCUT2D eigenvalue weighted by Crippen LogP contribution is 2.28. The van der Waals surface area contributed by atoms with Crippen LogP contribution in [0.25, 0.3) is 10.8 Å². The lowest BCUT2D eigenvalue weighted by Gasteiger charge is -2.18. The van der Waals surface area contributed by atoms with Crippen LogP contribution in [0.3, 0.4) is 0 Å². The standard InChI is InChI=1S/C18H23NO2/c1-4-12(2)11-13(3)19-18(21)16-10-9-14-7-5-6-8-15(14)17(16)20/h5-10,12-13,20H,4,11H2,1-3H3,(H,19,21). The largest absolute Gasteiger partial charge is 0.506 e. The first-order chi connectivity index (χ1) is 10.0. The molecule has 2 rings (SSSR count). The summed E-state index contributed by atoms with van der Waals surface area (Å²) in [7, 11) is 0. The van der Waals surface area contributed by atoms with Gasteiger partial charge in [0.25, 0.3) is 5.91 Å². The number of hydrogen-bond acceptors (Lipinski definition) is 2. The molecule has 112 valence electrons. The third-order valence-corrected chi connectivity index (χ3v) is 3.98. The Balaban J connectivity index is 2.18. The van der Waals surface area contributed by atoms with Gasteiger partial charge in [0.05, 0.1) is 5.56 Å². The molecule has 2 aromatic rings. The summed E-state index contributed by atoms with van der Waals surface area (Å²) < 4.78 is 0. The van der Waals surface area contributed by atoms with Crippen LogP contribution in [0.1, 0.15) is 44.0 Å². The summed E-state index contributed by atoms with van der Waals surface area (Å²) in [6, 6.07) is 11.2. The molecule has 0 aliphatic heterocycles. The van der Waals surface area contributed by atoms with Crippen LogP contribution < -0.4 is 5.32 Å². The third-order valence-electron chi connectivity index (χ3n) is 3.98. The van der Waals surface area contributed by atoms with Crippen molar-refractivity contribution in [1.29, 1.82) is 0 Å². The first-order valence-electron chi connectivity index (χ1n) is 7.54. The van der Waals surface area contributed by atoms with Crippen LogP contribution in [0, 0.1) is 5.92 Å². The van der Waals surface area contributed by atoms with Crippen molar-refractivity contribution in [2.75, 3.05) is 0 Å². The fraction of sp³-hybridized carbons (Fsp3) is 0.389. The number of nitrogens with one attached hydrogen (secondary N) is 1. The van der Waals surface area contributed by atoms with E-state index in [1.54, 1.807) is 6.07 Å². The van der Waals surface area contributed by atoms with Crippen LogP contribution in [0.5, 0.6) is 5.75 Å². The molecule has 1 amide bonds. The van der Waals surface area contributed by atoms with Gasteiger partial charge in [-0.3, -0.25) is 4.79 Å². The van der Waals surface area contributed by atoms with E-state index >= 15 is 0 Å². The molecule has 0 aliphatic rings. The lowest BCUT2D eigenvalue weighted by Crippen LogP contribution is -2.33. The Morgan fingerprint density at radius 2 is 1.90 bits per heavy atom. The van der Waals surface area contributed by atoms with E-state index < -0.39 is 0 Å². The second-order valence-corrected chi connectivity index (χ2v) is 5.81. The lowest BCUT2D eigenvalue weighted by molar-refractivity contribution is 0.0933. The van der Waals surface area contributed by atoms with Crippen molar-refractivity contribution >= 4 is 16.7 Å². The number of hydrogen-bond donors (Lipinski definition) is 2. The molecule has 3 nitrogen and oxygen atoms in total. The summed E-state index contributed by atoms with van der Waals surface area (Å²) in [4.78, 5) is 12.3. The van der Waals surface area contributed by atoms with Gasteiger partial charge in [-0.1, -0.05) is 50.6 Å². The summed E-state index contributed by atoms with van der Waals surface area (Å²) in [5.74, 6) is 0.417. The molecule has 0 bridgehead atoms. The number of amides is 1. The minimum Gasteiger partial charge on any atom is -0.506 e. The second-order valence-electron chi connectivity index (χ2n) is 5.81. The summed E-state index contributed by atoms with van der Waals surface area (Å²) in [5.41, 5.74) is 0.338. The number of benzene rings is 2. The van der Waals surface area contributed by atoms with Gasteiger partial charge < -0.3 is 10.4 Å². The van der Waals surface area contributed by atoms with Crippen molar-refractivity contribution in [3.05, 3.63) is 42.0 Å². The Morgan fingerprint density at radius 1 is 1.19 bits per heavy atom. The van der Waals surface area contributed by atoms with E-state index in [0.29, 0.717) is 16.9 Å². The van der Waals surface area contributed by atoms with Crippen LogP contribution in [0.2, 0.25) is 0 Å². The maximum atomic E-state index is 12.3. The van der Waals surface area contributed by atoms with E-state index in [4.69, 9.17) is 0 Å². The smallest absolute Gasteiger partial charge is 0.255 e. The minimum atomic E-state index is -0.214. The van der Waals surface area contributed by atoms with Crippen molar-refractivity contribution in [2.24, 2.45) is 5.92 Å². The summed E-state index contributed by atoms with van der Waals surface area (Å²) in [6.07, 6.45) is 2.04. The van der Waals surface area contributed by atoms with Crippen LogP contribution >= 0.6 is 0 Å². The van der Waals surface area contributed by atoms with Crippen molar-refractivity contribution in [3.8, 4) is 5.75 Å². The maximum Gasteiger partial charge on any atom is 0.255 e. The van der Waals surface area contributed by atoms with Gasteiger partial charge in [-0.2, -0.15) is 0 Å². The summed E-state index contributed by atoms with van der Waals surface area (Å²) in [5, 5.41) is 14.9. The van der Waals surface area contributed by atoms with Crippen molar-refractivity contribution < 1.29 is 9.90 Å². The molecule has 0 aromatic heterocycles.